The quantitative estimate of drug-likeness (QED) is 0.536. The van der Waals surface area contributed by atoms with Gasteiger partial charge in [0.15, 0.2) is 5.82 Å². The number of ether oxygens (including phenoxy) is 1. The highest BCUT2D eigenvalue weighted by molar-refractivity contribution is 7.91. The molecule has 0 radical (unpaired) electrons. The smallest absolute Gasteiger partial charge is 0.347 e. The summed E-state index contributed by atoms with van der Waals surface area (Å²) >= 11 is 0. The molecule has 2 aromatic rings. The first-order valence-corrected chi connectivity index (χ1v) is 12.6. The van der Waals surface area contributed by atoms with Crippen molar-refractivity contribution in [2.75, 3.05) is 22.8 Å². The van der Waals surface area contributed by atoms with Gasteiger partial charge in [0.2, 0.25) is 0 Å². The molecule has 32 heavy (non-hydrogen) atoms. The molecule has 0 saturated carbocycles. The molecule has 1 N–H and O–H groups in total. The van der Waals surface area contributed by atoms with E-state index in [4.69, 9.17) is 4.74 Å². The minimum absolute atomic E-state index is 0.262. The third-order valence-corrected chi connectivity index (χ3v) is 7.98. The summed E-state index contributed by atoms with van der Waals surface area (Å²) in [4.78, 5) is 0. The fourth-order valence-electron chi connectivity index (χ4n) is 5.18. The Hall–Kier alpha value is -2.59. The van der Waals surface area contributed by atoms with Gasteiger partial charge in [-0.05, 0) is 73.6 Å². The van der Waals surface area contributed by atoms with Crippen molar-refractivity contribution in [3.8, 4) is 0 Å². The summed E-state index contributed by atoms with van der Waals surface area (Å²) in [6, 6.07) is 2.68. The van der Waals surface area contributed by atoms with Crippen LogP contribution in [0.25, 0.3) is 0 Å². The number of fused-ring (bicyclic) bond motifs is 2. The minimum atomic E-state index is -4.29. The number of rotatable bonds is 5. The number of nitrogens with zero attached hydrogens (tertiary/aromatic N) is 4. The van der Waals surface area contributed by atoms with E-state index in [1.807, 2.05) is 0 Å². The van der Waals surface area contributed by atoms with Crippen molar-refractivity contribution < 1.29 is 18.3 Å². The summed E-state index contributed by atoms with van der Waals surface area (Å²) < 4.78 is 38.4. The van der Waals surface area contributed by atoms with E-state index in [9.17, 15) is 13.5 Å². The van der Waals surface area contributed by atoms with Crippen LogP contribution in [-0.4, -0.2) is 43.5 Å². The number of aromatic nitrogens is 2. The second-order valence-corrected chi connectivity index (χ2v) is 10.2. The molecule has 10 heteroatoms. The number of hydrogen-bond acceptors (Lipinski definition) is 5. The zero-order chi connectivity index (χ0) is 22.3. The van der Waals surface area contributed by atoms with Crippen LogP contribution in [0.4, 0.5) is 11.5 Å². The van der Waals surface area contributed by atoms with Gasteiger partial charge in [0, 0.05) is 38.2 Å². The number of nitrogens with one attached hydrogen (secondary N) is 1. The van der Waals surface area contributed by atoms with Crippen LogP contribution in [-0.2, 0) is 47.7 Å². The standard InChI is InChI=1S/C22H29N5O4S/c1-26-11-8-20(24-26)27(17-9-12-31-13-10-17)32(29,30)25-22(28)23-21-18-6-2-4-15(18)14-16-5-3-7-19(16)21/h8,11,14,17H,2-7,9-10,12-13H2,1H3,(H2,23,25,28)/p-1. The van der Waals surface area contributed by atoms with Crippen LogP contribution in [0.15, 0.2) is 22.7 Å². The van der Waals surface area contributed by atoms with Crippen molar-refractivity contribution in [2.45, 2.75) is 57.4 Å². The van der Waals surface area contributed by atoms with E-state index < -0.39 is 16.2 Å². The Kier molecular flexibility index (Phi) is 5.58. The van der Waals surface area contributed by atoms with E-state index >= 15 is 0 Å². The van der Waals surface area contributed by atoms with E-state index in [0.717, 1.165) is 55.3 Å². The van der Waals surface area contributed by atoms with Crippen LogP contribution < -0.4 is 14.7 Å². The van der Waals surface area contributed by atoms with Crippen LogP contribution in [0.2, 0.25) is 0 Å². The fourth-order valence-corrected chi connectivity index (χ4v) is 6.44. The lowest BCUT2D eigenvalue weighted by Crippen LogP contribution is -2.44. The monoisotopic (exact) mass is 458 g/mol. The summed E-state index contributed by atoms with van der Waals surface area (Å²) in [7, 11) is -2.57. The first-order chi connectivity index (χ1) is 15.4. The average Bonchev–Trinajstić information content (AvgIpc) is 3.49. The van der Waals surface area contributed by atoms with Crippen LogP contribution in [0.1, 0.15) is 47.9 Å². The number of anilines is 2. The first-order valence-electron chi connectivity index (χ1n) is 11.2. The van der Waals surface area contributed by atoms with Crippen molar-refractivity contribution in [2.24, 2.45) is 11.4 Å². The predicted molar refractivity (Wildman–Crippen MR) is 120 cm³/mol. The second-order valence-electron chi connectivity index (χ2n) is 8.72. The zero-order valence-corrected chi connectivity index (χ0v) is 19.0. The Bertz CT molecular complexity index is 1120. The topological polar surface area (TPSA) is 112 Å². The molecule has 9 nitrogen and oxygen atoms in total. The lowest BCUT2D eigenvalue weighted by molar-refractivity contribution is -0.213. The summed E-state index contributed by atoms with van der Waals surface area (Å²) in [5.41, 5.74) is 5.59. The van der Waals surface area contributed by atoms with Crippen LogP contribution in [0.5, 0.6) is 0 Å². The number of amidine groups is 1. The predicted octanol–water partition coefficient (Wildman–Crippen LogP) is 1.46. The lowest BCUT2D eigenvalue weighted by atomic mass is 9.99. The molecule has 1 aromatic carbocycles. The lowest BCUT2D eigenvalue weighted by Gasteiger charge is -2.32. The minimum Gasteiger partial charge on any atom is -0.845 e. The van der Waals surface area contributed by atoms with E-state index in [1.54, 1.807) is 19.3 Å². The highest BCUT2D eigenvalue weighted by Gasteiger charge is 2.33. The third-order valence-electron chi connectivity index (χ3n) is 6.60. The van der Waals surface area contributed by atoms with E-state index in [1.165, 1.54) is 20.1 Å². The van der Waals surface area contributed by atoms with Gasteiger partial charge >= 0.3 is 10.2 Å². The van der Waals surface area contributed by atoms with Gasteiger partial charge in [-0.15, -0.1) is 4.40 Å². The average molecular weight is 459 g/mol. The summed E-state index contributed by atoms with van der Waals surface area (Å²) in [6.45, 7) is 0.913. The Morgan fingerprint density at radius 3 is 2.44 bits per heavy atom. The van der Waals surface area contributed by atoms with Crippen molar-refractivity contribution >= 4 is 27.7 Å². The van der Waals surface area contributed by atoms with Gasteiger partial charge in [0.05, 0.1) is 12.1 Å². The van der Waals surface area contributed by atoms with Crippen LogP contribution in [0, 0.1) is 0 Å². The molecule has 0 unspecified atom stereocenters. The molecule has 1 aliphatic heterocycles. The highest BCUT2D eigenvalue weighted by atomic mass is 32.2. The van der Waals surface area contributed by atoms with Crippen molar-refractivity contribution in [1.29, 1.82) is 0 Å². The zero-order valence-electron chi connectivity index (χ0n) is 18.2. The first kappa shape index (κ1) is 21.3. The van der Waals surface area contributed by atoms with Crippen molar-refractivity contribution in [1.82, 2.24) is 9.78 Å². The molecule has 2 heterocycles. The SMILES string of the molecule is Cn1ccc(N(C2CCOCC2)S(=O)(=O)/N=C(\[O-])Nc2c3c(cc4c2CCC4)CCC3)n1. The van der Waals surface area contributed by atoms with Gasteiger partial charge in [-0.2, -0.15) is 13.5 Å². The van der Waals surface area contributed by atoms with Gasteiger partial charge in [-0.1, -0.05) is 6.07 Å². The van der Waals surface area contributed by atoms with Gasteiger partial charge in [-0.3, -0.25) is 4.68 Å². The fraction of sp³-hybridized carbons (Fsp3) is 0.545. The highest BCUT2D eigenvalue weighted by Crippen LogP contribution is 2.38. The largest absolute Gasteiger partial charge is 0.845 e. The summed E-state index contributed by atoms with van der Waals surface area (Å²) in [5, 5.41) is 20.0. The molecule has 1 saturated heterocycles. The molecular weight excluding hydrogens is 430 g/mol. The molecule has 1 aromatic heterocycles. The number of aryl methyl sites for hydroxylation is 3. The van der Waals surface area contributed by atoms with Gasteiger partial charge in [0.25, 0.3) is 0 Å². The van der Waals surface area contributed by atoms with E-state index in [2.05, 4.69) is 20.9 Å². The van der Waals surface area contributed by atoms with Crippen LogP contribution >= 0.6 is 0 Å². The number of hydrogen-bond donors (Lipinski definition) is 1. The van der Waals surface area contributed by atoms with Gasteiger partial charge < -0.3 is 15.2 Å². The van der Waals surface area contributed by atoms with Gasteiger partial charge in [0.1, 0.15) is 0 Å². The van der Waals surface area contributed by atoms with Crippen molar-refractivity contribution in [3.05, 3.63) is 40.6 Å². The Morgan fingerprint density at radius 2 is 1.84 bits per heavy atom. The van der Waals surface area contributed by atoms with E-state index in [-0.39, 0.29) is 11.9 Å². The maximum atomic E-state index is 13.3. The molecule has 0 spiro atoms. The molecule has 0 amide bonds. The number of benzene rings is 1. The normalized spacial score (nSPS) is 19.1. The van der Waals surface area contributed by atoms with E-state index in [0.29, 0.717) is 26.1 Å². The maximum absolute atomic E-state index is 13.3. The Labute approximate surface area is 188 Å². The molecule has 5 rings (SSSR count). The van der Waals surface area contributed by atoms with Crippen LogP contribution in [0.3, 0.4) is 0 Å². The molecule has 3 aliphatic rings. The molecular formula is C22H28N5O4S-. The second kappa shape index (κ2) is 8.40. The summed E-state index contributed by atoms with van der Waals surface area (Å²) in [5.74, 6) is 0.262. The summed E-state index contributed by atoms with van der Waals surface area (Å²) in [6.07, 6.45) is 8.60. The third kappa shape index (κ3) is 3.97. The molecule has 172 valence electrons. The molecule has 2 aliphatic carbocycles. The molecule has 1 fully saturated rings. The molecule has 0 bridgehead atoms. The van der Waals surface area contributed by atoms with Gasteiger partial charge in [-0.25, -0.2) is 4.31 Å². The van der Waals surface area contributed by atoms with Crippen molar-refractivity contribution in [3.63, 3.8) is 0 Å². The molecule has 0 atom stereocenters. The Morgan fingerprint density at radius 1 is 1.19 bits per heavy atom. The maximum Gasteiger partial charge on any atom is 0.347 e. The Balaban J connectivity index is 1.48.